The highest BCUT2D eigenvalue weighted by Gasteiger charge is 2.44. The molecule has 0 saturated carbocycles. The molecule has 0 spiro atoms. The normalized spacial score (nSPS) is 15.2. The van der Waals surface area contributed by atoms with E-state index >= 15 is 4.39 Å². The van der Waals surface area contributed by atoms with Crippen molar-refractivity contribution in [3.63, 3.8) is 0 Å². The molecule has 0 unspecified atom stereocenters. The average Bonchev–Trinajstić information content (AvgIpc) is 3.00. The molecule has 1 aromatic heterocycles. The van der Waals surface area contributed by atoms with Crippen molar-refractivity contribution in [3.05, 3.63) is 75.8 Å². The van der Waals surface area contributed by atoms with Crippen LogP contribution in [-0.4, -0.2) is 29.8 Å². The number of benzene rings is 2. The number of aryl methyl sites for hydroxylation is 1. The van der Waals surface area contributed by atoms with Gasteiger partial charge in [0.1, 0.15) is 22.2 Å². The van der Waals surface area contributed by atoms with Gasteiger partial charge < -0.3 is 10.5 Å². The number of nitrogens with zero attached hydrogens (tertiary/aromatic N) is 2. The van der Waals surface area contributed by atoms with Crippen LogP contribution in [0.4, 0.5) is 24.8 Å². The highest BCUT2D eigenvalue weighted by atomic mass is 35.5. The van der Waals surface area contributed by atoms with Crippen molar-refractivity contribution >= 4 is 50.4 Å². The Bertz CT molecular complexity index is 1560. The van der Waals surface area contributed by atoms with E-state index < -0.39 is 55.0 Å². The minimum absolute atomic E-state index is 0.0947. The molecule has 8 nitrogen and oxygen atoms in total. The van der Waals surface area contributed by atoms with Crippen LogP contribution in [0.15, 0.2) is 41.3 Å². The number of nitrogen functional groups attached to an aromatic ring is 1. The molecular weight excluding hydrogens is 521 g/mol. The fraction of sp³-hybridized carbons (Fsp3) is 0.174. The summed E-state index contributed by atoms with van der Waals surface area (Å²) in [5, 5.41) is -0.161. The van der Waals surface area contributed by atoms with Gasteiger partial charge in [-0.2, -0.15) is 0 Å². The lowest BCUT2D eigenvalue weighted by Gasteiger charge is -2.17. The van der Waals surface area contributed by atoms with E-state index in [1.807, 2.05) is 4.72 Å². The van der Waals surface area contributed by atoms with Gasteiger partial charge in [-0.15, -0.1) is 0 Å². The third-order valence-corrected chi connectivity index (χ3v) is 6.79. The number of Topliss-reactive ketones (excluding diaryl/α,β-unsaturated/α-hetero) is 1. The fourth-order valence-electron chi connectivity index (χ4n) is 3.62. The molecule has 3 aromatic rings. The molecule has 13 heteroatoms. The molecule has 0 saturated heterocycles. The Morgan fingerprint density at radius 3 is 2.44 bits per heavy atom. The summed E-state index contributed by atoms with van der Waals surface area (Å²) in [5.74, 6) is -4.36. The van der Waals surface area contributed by atoms with Gasteiger partial charge in [0.25, 0.3) is 10.0 Å². The van der Waals surface area contributed by atoms with Gasteiger partial charge in [0.15, 0.2) is 17.2 Å². The monoisotopic (exact) mass is 538 g/mol. The van der Waals surface area contributed by atoms with Gasteiger partial charge in [0.2, 0.25) is 11.7 Å². The number of nitrogens with one attached hydrogen (secondary N) is 1. The van der Waals surface area contributed by atoms with E-state index in [0.29, 0.717) is 17.8 Å². The zero-order valence-electron chi connectivity index (χ0n) is 19.0. The summed E-state index contributed by atoms with van der Waals surface area (Å²) in [4.78, 5) is 20.2. The molecule has 2 aromatic carbocycles. The number of ether oxygens (including phenoxy) is 1. The average molecular weight is 539 g/mol. The zero-order chi connectivity index (χ0) is 26.6. The van der Waals surface area contributed by atoms with E-state index in [4.69, 9.17) is 22.1 Å². The van der Waals surface area contributed by atoms with Crippen molar-refractivity contribution < 1.29 is 31.1 Å². The maximum absolute atomic E-state index is 15.8. The second kappa shape index (κ2) is 8.79. The lowest BCUT2D eigenvalue weighted by atomic mass is 9.92. The minimum atomic E-state index is -4.79. The highest BCUT2D eigenvalue weighted by Crippen LogP contribution is 2.43. The fourth-order valence-corrected chi connectivity index (χ4v) is 4.98. The molecule has 0 amide bonds. The number of halogens is 4. The summed E-state index contributed by atoms with van der Waals surface area (Å²) < 4.78 is 76.6. The Morgan fingerprint density at radius 2 is 1.78 bits per heavy atom. The van der Waals surface area contributed by atoms with Crippen molar-refractivity contribution in [1.82, 2.24) is 9.97 Å². The third kappa shape index (κ3) is 4.61. The van der Waals surface area contributed by atoms with Gasteiger partial charge in [0, 0.05) is 16.3 Å². The van der Waals surface area contributed by atoms with E-state index in [1.165, 1.54) is 19.9 Å². The zero-order valence-corrected chi connectivity index (χ0v) is 20.6. The summed E-state index contributed by atoms with van der Waals surface area (Å²) in [6, 6.07) is 5.29. The topological polar surface area (TPSA) is 124 Å². The van der Waals surface area contributed by atoms with Crippen molar-refractivity contribution in [2.45, 2.75) is 31.3 Å². The Hall–Kier alpha value is -3.64. The molecule has 1 aliphatic heterocycles. The quantitative estimate of drug-likeness (QED) is 0.490. The molecular formula is C23H18ClF3N4O4S. The number of carbonyl (C=O) groups excluding carboxylic acids is 1. The number of ketones is 1. The Morgan fingerprint density at radius 1 is 1.08 bits per heavy atom. The van der Waals surface area contributed by atoms with Gasteiger partial charge in [-0.05, 0) is 57.2 Å². The lowest BCUT2D eigenvalue weighted by molar-refractivity contribution is -0.125. The maximum atomic E-state index is 15.8. The molecule has 0 bridgehead atoms. The molecule has 0 aliphatic carbocycles. The molecule has 188 valence electrons. The molecule has 1 aliphatic rings. The van der Waals surface area contributed by atoms with E-state index in [-0.39, 0.29) is 28.0 Å². The van der Waals surface area contributed by atoms with Crippen molar-refractivity contribution in [2.24, 2.45) is 0 Å². The summed E-state index contributed by atoms with van der Waals surface area (Å²) in [7, 11) is -4.79. The van der Waals surface area contributed by atoms with Crippen LogP contribution >= 0.6 is 11.6 Å². The van der Waals surface area contributed by atoms with Crippen LogP contribution in [-0.2, 0) is 19.6 Å². The minimum Gasteiger partial charge on any atom is -0.477 e. The van der Waals surface area contributed by atoms with Crippen LogP contribution in [0.1, 0.15) is 30.8 Å². The number of sulfonamides is 1. The molecule has 36 heavy (non-hydrogen) atoms. The molecule has 0 fully saturated rings. The third-order valence-electron chi connectivity index (χ3n) is 5.20. The first-order valence-corrected chi connectivity index (χ1v) is 12.1. The van der Waals surface area contributed by atoms with Gasteiger partial charge in [0.05, 0.1) is 11.3 Å². The molecule has 3 N–H and O–H groups in total. The molecule has 4 rings (SSSR count). The van der Waals surface area contributed by atoms with Crippen LogP contribution in [0, 0.1) is 24.4 Å². The SMILES string of the molecule is Cc1cc(C2=C(c3cc(Cl)cc(NS(=O)(=O)c4cc(F)ccc4F)c3F)C(=O)C(C)(C)O2)nc(N)n1. The second-order valence-electron chi connectivity index (χ2n) is 8.39. The first kappa shape index (κ1) is 25.5. The van der Waals surface area contributed by atoms with Gasteiger partial charge in [-0.25, -0.2) is 31.6 Å². The van der Waals surface area contributed by atoms with Crippen LogP contribution in [0.2, 0.25) is 5.02 Å². The van der Waals surface area contributed by atoms with Crippen LogP contribution in [0.25, 0.3) is 11.3 Å². The van der Waals surface area contributed by atoms with Gasteiger partial charge >= 0.3 is 0 Å². The summed E-state index contributed by atoms with van der Waals surface area (Å²) in [6.07, 6.45) is 0. The van der Waals surface area contributed by atoms with Crippen LogP contribution < -0.4 is 10.5 Å². The van der Waals surface area contributed by atoms with Crippen LogP contribution in [0.5, 0.6) is 0 Å². The van der Waals surface area contributed by atoms with E-state index in [0.717, 1.165) is 18.2 Å². The van der Waals surface area contributed by atoms with Crippen molar-refractivity contribution in [1.29, 1.82) is 0 Å². The summed E-state index contributed by atoms with van der Waals surface area (Å²) >= 11 is 6.14. The van der Waals surface area contributed by atoms with Crippen molar-refractivity contribution in [3.8, 4) is 0 Å². The number of nitrogens with two attached hydrogens (primary N) is 1. The van der Waals surface area contributed by atoms with Crippen molar-refractivity contribution in [2.75, 3.05) is 10.5 Å². The van der Waals surface area contributed by atoms with E-state index in [1.54, 1.807) is 6.92 Å². The summed E-state index contributed by atoms with van der Waals surface area (Å²) in [5.41, 5.74) is 3.46. The largest absolute Gasteiger partial charge is 0.477 e. The molecule has 0 atom stereocenters. The smallest absolute Gasteiger partial charge is 0.265 e. The molecule has 0 radical (unpaired) electrons. The predicted molar refractivity (Wildman–Crippen MR) is 127 cm³/mol. The predicted octanol–water partition coefficient (Wildman–Crippen LogP) is 4.48. The highest BCUT2D eigenvalue weighted by molar-refractivity contribution is 7.92. The Kier molecular flexibility index (Phi) is 6.21. The number of anilines is 2. The van der Waals surface area contributed by atoms with E-state index in [9.17, 15) is 22.0 Å². The maximum Gasteiger partial charge on any atom is 0.265 e. The number of hydrogen-bond donors (Lipinski definition) is 2. The summed E-state index contributed by atoms with van der Waals surface area (Å²) in [6.45, 7) is 4.54. The number of rotatable bonds is 5. The molecule has 2 heterocycles. The number of aromatic nitrogens is 2. The number of carbonyl (C=O) groups is 1. The lowest BCUT2D eigenvalue weighted by Crippen LogP contribution is -2.29. The van der Waals surface area contributed by atoms with E-state index in [2.05, 4.69) is 9.97 Å². The first-order chi connectivity index (χ1) is 16.7. The van der Waals surface area contributed by atoms with Crippen LogP contribution in [0.3, 0.4) is 0 Å². The number of hydrogen-bond acceptors (Lipinski definition) is 7. The Labute approximate surface area is 209 Å². The standard InChI is InChI=1S/C23H18ClF3N4O4S/c1-10-6-16(30-22(28)29-10)20-18(21(32)23(2,3)35-20)13-7-11(24)8-15(19(13)27)31-36(33,34)17-9-12(25)4-5-14(17)26/h4-9,31H,1-3H3,(H2,28,29,30). The van der Waals surface area contributed by atoms with Gasteiger partial charge in [-0.1, -0.05) is 11.6 Å². The Balaban J connectivity index is 1.90. The first-order valence-electron chi connectivity index (χ1n) is 10.3. The second-order valence-corrected chi connectivity index (χ2v) is 10.5. The van der Waals surface area contributed by atoms with Gasteiger partial charge in [-0.3, -0.25) is 9.52 Å².